The first-order chi connectivity index (χ1) is 13.6. The van der Waals surface area contributed by atoms with Gasteiger partial charge in [-0.2, -0.15) is 0 Å². The number of carbonyl (C=O) groups excluding carboxylic acids is 1. The Morgan fingerprint density at radius 1 is 1.17 bits per heavy atom. The Morgan fingerprint density at radius 3 is 2.38 bits per heavy atom. The molecule has 0 saturated heterocycles. The molecule has 0 heterocycles. The van der Waals surface area contributed by atoms with Gasteiger partial charge in [0.2, 0.25) is 15.9 Å². The van der Waals surface area contributed by atoms with E-state index in [1.807, 2.05) is 13.0 Å². The molecule has 0 unspecified atom stereocenters. The van der Waals surface area contributed by atoms with E-state index in [9.17, 15) is 13.2 Å². The zero-order valence-corrected chi connectivity index (χ0v) is 18.8. The van der Waals surface area contributed by atoms with Crippen LogP contribution in [0.5, 0.6) is 5.75 Å². The summed E-state index contributed by atoms with van der Waals surface area (Å²) in [5, 5.41) is 3.82. The van der Waals surface area contributed by atoms with Gasteiger partial charge in [0.05, 0.1) is 18.5 Å². The quantitative estimate of drug-likeness (QED) is 0.575. The van der Waals surface area contributed by atoms with Gasteiger partial charge in [0.25, 0.3) is 0 Å². The summed E-state index contributed by atoms with van der Waals surface area (Å²) >= 11 is 12.0. The normalized spacial score (nSPS) is 12.3. The van der Waals surface area contributed by atoms with Gasteiger partial charge in [-0.05, 0) is 55.3 Å². The first-order valence-electron chi connectivity index (χ1n) is 9.05. The van der Waals surface area contributed by atoms with Crippen LogP contribution in [0.15, 0.2) is 42.5 Å². The number of nitrogens with zero attached hydrogens (tertiary/aromatic N) is 1. The van der Waals surface area contributed by atoms with Crippen molar-refractivity contribution in [3.05, 3.63) is 58.1 Å². The zero-order valence-electron chi connectivity index (χ0n) is 16.5. The molecule has 1 N–H and O–H groups in total. The summed E-state index contributed by atoms with van der Waals surface area (Å²) in [6, 6.07) is 10.8. The standard InChI is InChI=1S/C20H24Cl2N2O4S/c1-4-19(24(29(3,26)27)16-8-6-15(21)7-9-16)20(25)23-11-12-28-17-10-5-14(2)18(22)13-17/h5-10,13,19H,4,11-12H2,1-3H3,(H,23,25)/t19-/m0/s1. The van der Waals surface area contributed by atoms with Gasteiger partial charge in [0, 0.05) is 10.0 Å². The average Bonchev–Trinajstić information content (AvgIpc) is 2.66. The van der Waals surface area contributed by atoms with E-state index >= 15 is 0 Å². The molecule has 0 radical (unpaired) electrons. The van der Waals surface area contributed by atoms with Gasteiger partial charge in [0.1, 0.15) is 18.4 Å². The maximum absolute atomic E-state index is 12.7. The van der Waals surface area contributed by atoms with Gasteiger partial charge in [-0.1, -0.05) is 36.2 Å². The average molecular weight is 459 g/mol. The molecule has 9 heteroatoms. The number of carbonyl (C=O) groups is 1. The lowest BCUT2D eigenvalue weighted by molar-refractivity contribution is -0.122. The second kappa shape index (κ2) is 10.2. The van der Waals surface area contributed by atoms with E-state index in [0.717, 1.165) is 16.1 Å². The Labute approximate surface area is 181 Å². The molecular weight excluding hydrogens is 435 g/mol. The summed E-state index contributed by atoms with van der Waals surface area (Å²) in [7, 11) is -3.69. The molecule has 0 aromatic heterocycles. The number of anilines is 1. The minimum Gasteiger partial charge on any atom is -0.492 e. The Bertz CT molecular complexity index is 949. The van der Waals surface area contributed by atoms with Crippen LogP contribution in [-0.4, -0.2) is 39.8 Å². The second-order valence-electron chi connectivity index (χ2n) is 6.51. The van der Waals surface area contributed by atoms with Crippen molar-refractivity contribution in [2.24, 2.45) is 0 Å². The third-order valence-electron chi connectivity index (χ3n) is 4.22. The molecule has 1 amide bonds. The lowest BCUT2D eigenvalue weighted by Gasteiger charge is -2.30. The Morgan fingerprint density at radius 2 is 1.83 bits per heavy atom. The van der Waals surface area contributed by atoms with Crippen molar-refractivity contribution in [1.82, 2.24) is 5.32 Å². The van der Waals surface area contributed by atoms with Crippen LogP contribution in [0.2, 0.25) is 10.0 Å². The highest BCUT2D eigenvalue weighted by Gasteiger charge is 2.31. The molecule has 0 bridgehead atoms. The van der Waals surface area contributed by atoms with Crippen LogP contribution in [0, 0.1) is 6.92 Å². The van der Waals surface area contributed by atoms with Crippen molar-refractivity contribution in [3.8, 4) is 5.75 Å². The van der Waals surface area contributed by atoms with E-state index < -0.39 is 22.0 Å². The molecule has 2 rings (SSSR count). The molecule has 0 aliphatic heterocycles. The van der Waals surface area contributed by atoms with Crippen molar-refractivity contribution >= 4 is 44.8 Å². The molecule has 6 nitrogen and oxygen atoms in total. The van der Waals surface area contributed by atoms with E-state index in [1.54, 1.807) is 43.3 Å². The fourth-order valence-corrected chi connectivity index (χ4v) is 4.28. The van der Waals surface area contributed by atoms with Crippen LogP contribution in [-0.2, 0) is 14.8 Å². The van der Waals surface area contributed by atoms with E-state index in [1.165, 1.54) is 0 Å². The monoisotopic (exact) mass is 458 g/mol. The van der Waals surface area contributed by atoms with Gasteiger partial charge in [0.15, 0.2) is 0 Å². The smallest absolute Gasteiger partial charge is 0.244 e. The minimum atomic E-state index is -3.69. The zero-order chi connectivity index (χ0) is 21.6. The minimum absolute atomic E-state index is 0.221. The topological polar surface area (TPSA) is 75.7 Å². The van der Waals surface area contributed by atoms with Crippen LogP contribution >= 0.6 is 23.2 Å². The molecule has 0 spiro atoms. The molecule has 0 saturated carbocycles. The molecule has 0 aliphatic rings. The van der Waals surface area contributed by atoms with Crippen molar-refractivity contribution in [2.45, 2.75) is 26.3 Å². The van der Waals surface area contributed by atoms with Gasteiger partial charge in [-0.15, -0.1) is 0 Å². The van der Waals surface area contributed by atoms with E-state index in [0.29, 0.717) is 27.9 Å². The number of benzene rings is 2. The summed E-state index contributed by atoms with van der Waals surface area (Å²) in [6.45, 7) is 4.09. The third-order valence-corrected chi connectivity index (χ3v) is 6.06. The van der Waals surface area contributed by atoms with Gasteiger partial charge in [-0.3, -0.25) is 9.10 Å². The summed E-state index contributed by atoms with van der Waals surface area (Å²) < 4.78 is 31.4. The Hall–Kier alpha value is -1.96. The summed E-state index contributed by atoms with van der Waals surface area (Å²) in [6.07, 6.45) is 1.37. The second-order valence-corrected chi connectivity index (χ2v) is 9.21. The number of hydrogen-bond acceptors (Lipinski definition) is 4. The first kappa shape index (κ1) is 23.3. The van der Waals surface area contributed by atoms with Crippen molar-refractivity contribution in [2.75, 3.05) is 23.7 Å². The first-order valence-corrected chi connectivity index (χ1v) is 11.7. The van der Waals surface area contributed by atoms with Crippen molar-refractivity contribution < 1.29 is 17.9 Å². The number of hydrogen-bond donors (Lipinski definition) is 1. The van der Waals surface area contributed by atoms with Crippen LogP contribution < -0.4 is 14.4 Å². The van der Waals surface area contributed by atoms with Crippen LogP contribution in [0.1, 0.15) is 18.9 Å². The van der Waals surface area contributed by atoms with Crippen LogP contribution in [0.3, 0.4) is 0 Å². The molecule has 2 aromatic carbocycles. The third kappa shape index (κ3) is 6.52. The predicted molar refractivity (Wildman–Crippen MR) is 118 cm³/mol. The van der Waals surface area contributed by atoms with Crippen molar-refractivity contribution in [3.63, 3.8) is 0 Å². The molecule has 0 fully saturated rings. The highest BCUT2D eigenvalue weighted by molar-refractivity contribution is 7.92. The molecule has 2 aromatic rings. The lowest BCUT2D eigenvalue weighted by Crippen LogP contribution is -2.50. The number of sulfonamides is 1. The lowest BCUT2D eigenvalue weighted by atomic mass is 10.2. The van der Waals surface area contributed by atoms with Crippen molar-refractivity contribution in [1.29, 1.82) is 0 Å². The fourth-order valence-electron chi connectivity index (χ4n) is 2.77. The van der Waals surface area contributed by atoms with Gasteiger partial charge in [-0.25, -0.2) is 8.42 Å². The summed E-state index contributed by atoms with van der Waals surface area (Å²) in [4.78, 5) is 12.7. The fraction of sp³-hybridized carbons (Fsp3) is 0.350. The summed E-state index contributed by atoms with van der Waals surface area (Å²) in [5.74, 6) is 0.194. The van der Waals surface area contributed by atoms with E-state index in [2.05, 4.69) is 5.32 Å². The maximum atomic E-state index is 12.7. The molecule has 1 atom stereocenters. The number of rotatable bonds is 9. The largest absolute Gasteiger partial charge is 0.492 e. The van der Waals surface area contributed by atoms with E-state index in [4.69, 9.17) is 27.9 Å². The molecular formula is C20H24Cl2N2O4S. The number of amides is 1. The Kier molecular flexibility index (Phi) is 8.19. The number of halogens is 2. The number of nitrogens with one attached hydrogen (secondary N) is 1. The highest BCUT2D eigenvalue weighted by atomic mass is 35.5. The van der Waals surface area contributed by atoms with Gasteiger partial charge < -0.3 is 10.1 Å². The number of aryl methyl sites for hydroxylation is 1. The predicted octanol–water partition coefficient (Wildman–Crippen LogP) is 4.04. The highest BCUT2D eigenvalue weighted by Crippen LogP contribution is 2.24. The van der Waals surface area contributed by atoms with Crippen LogP contribution in [0.4, 0.5) is 5.69 Å². The molecule has 29 heavy (non-hydrogen) atoms. The molecule has 0 aliphatic carbocycles. The Balaban J connectivity index is 2.03. The maximum Gasteiger partial charge on any atom is 0.244 e. The van der Waals surface area contributed by atoms with Gasteiger partial charge >= 0.3 is 0 Å². The molecule has 158 valence electrons. The number of ether oxygens (including phenoxy) is 1. The van der Waals surface area contributed by atoms with Crippen LogP contribution in [0.25, 0.3) is 0 Å². The summed E-state index contributed by atoms with van der Waals surface area (Å²) in [5.41, 5.74) is 1.32. The van der Waals surface area contributed by atoms with E-state index in [-0.39, 0.29) is 13.2 Å². The SMILES string of the molecule is CC[C@@H](C(=O)NCCOc1ccc(C)c(Cl)c1)N(c1ccc(Cl)cc1)S(C)(=O)=O.